The van der Waals surface area contributed by atoms with Crippen LogP contribution in [0.25, 0.3) is 0 Å². The highest BCUT2D eigenvalue weighted by atomic mass is 16.1. The second kappa shape index (κ2) is 3.36. The lowest BCUT2D eigenvalue weighted by molar-refractivity contribution is 0.0982. The lowest BCUT2D eigenvalue weighted by Gasteiger charge is -1.95. The SMILES string of the molecule is CCn1cc2c(c1)C(=O)CCCC2. The van der Waals surface area contributed by atoms with Crippen LogP contribution in [0.3, 0.4) is 0 Å². The second-order valence-electron chi connectivity index (χ2n) is 3.66. The zero-order valence-corrected chi connectivity index (χ0v) is 8.05. The van der Waals surface area contributed by atoms with Crippen LogP contribution in [-0.2, 0) is 13.0 Å². The normalized spacial score (nSPS) is 16.8. The van der Waals surface area contributed by atoms with Crippen LogP contribution in [0.15, 0.2) is 12.4 Å². The number of ketones is 1. The Morgan fingerprint density at radius 1 is 1.31 bits per heavy atom. The van der Waals surface area contributed by atoms with Crippen LogP contribution < -0.4 is 0 Å². The summed E-state index contributed by atoms with van der Waals surface area (Å²) < 4.78 is 2.11. The van der Waals surface area contributed by atoms with Crippen molar-refractivity contribution in [3.63, 3.8) is 0 Å². The fourth-order valence-corrected chi connectivity index (χ4v) is 1.92. The van der Waals surface area contributed by atoms with Crippen molar-refractivity contribution >= 4 is 5.78 Å². The standard InChI is InChI=1S/C11H15NO/c1-2-12-7-9-5-3-4-6-11(13)10(9)8-12/h7-8H,2-6H2,1H3. The number of hydrogen-bond acceptors (Lipinski definition) is 1. The van der Waals surface area contributed by atoms with E-state index in [4.69, 9.17) is 0 Å². The molecule has 0 spiro atoms. The first-order valence-corrected chi connectivity index (χ1v) is 5.03. The van der Waals surface area contributed by atoms with Gasteiger partial charge in [0.05, 0.1) is 0 Å². The van der Waals surface area contributed by atoms with Gasteiger partial charge in [0.25, 0.3) is 0 Å². The van der Waals surface area contributed by atoms with Crippen LogP contribution in [0, 0.1) is 0 Å². The van der Waals surface area contributed by atoms with Gasteiger partial charge in [-0.05, 0) is 31.7 Å². The maximum Gasteiger partial charge on any atom is 0.164 e. The van der Waals surface area contributed by atoms with Crippen molar-refractivity contribution in [2.75, 3.05) is 0 Å². The van der Waals surface area contributed by atoms with Gasteiger partial charge in [-0.2, -0.15) is 0 Å². The Morgan fingerprint density at radius 2 is 2.08 bits per heavy atom. The largest absolute Gasteiger partial charge is 0.353 e. The summed E-state index contributed by atoms with van der Waals surface area (Å²) in [5.41, 5.74) is 2.23. The molecule has 0 saturated heterocycles. The molecule has 70 valence electrons. The summed E-state index contributed by atoms with van der Waals surface area (Å²) in [7, 11) is 0. The Balaban J connectivity index is 2.39. The van der Waals surface area contributed by atoms with Gasteiger partial charge in [-0.3, -0.25) is 4.79 Å². The van der Waals surface area contributed by atoms with Crippen molar-refractivity contribution in [3.8, 4) is 0 Å². The molecule has 0 fully saturated rings. The number of nitrogens with zero attached hydrogens (tertiary/aromatic N) is 1. The van der Waals surface area contributed by atoms with Gasteiger partial charge in [-0.15, -0.1) is 0 Å². The van der Waals surface area contributed by atoms with E-state index in [-0.39, 0.29) is 0 Å². The van der Waals surface area contributed by atoms with Crippen molar-refractivity contribution < 1.29 is 4.79 Å². The third-order valence-electron chi connectivity index (χ3n) is 2.73. The molecule has 0 unspecified atom stereocenters. The van der Waals surface area contributed by atoms with E-state index >= 15 is 0 Å². The smallest absolute Gasteiger partial charge is 0.164 e. The monoisotopic (exact) mass is 177 g/mol. The number of rotatable bonds is 1. The Labute approximate surface area is 78.6 Å². The van der Waals surface area contributed by atoms with Crippen LogP contribution in [0.5, 0.6) is 0 Å². The molecule has 0 bridgehead atoms. The molecule has 0 aromatic carbocycles. The predicted molar refractivity (Wildman–Crippen MR) is 52.0 cm³/mol. The van der Waals surface area contributed by atoms with E-state index in [1.165, 1.54) is 5.56 Å². The van der Waals surface area contributed by atoms with E-state index < -0.39 is 0 Å². The van der Waals surface area contributed by atoms with Gasteiger partial charge in [0.1, 0.15) is 0 Å². The maximum atomic E-state index is 11.6. The lowest BCUT2D eigenvalue weighted by atomic mass is 10.1. The third-order valence-corrected chi connectivity index (χ3v) is 2.73. The molecule has 2 nitrogen and oxygen atoms in total. The minimum absolute atomic E-state index is 0.333. The maximum absolute atomic E-state index is 11.6. The number of fused-ring (bicyclic) bond motifs is 1. The van der Waals surface area contributed by atoms with E-state index in [1.807, 2.05) is 6.20 Å². The number of hydrogen-bond donors (Lipinski definition) is 0. The molecule has 0 saturated carbocycles. The summed E-state index contributed by atoms with van der Waals surface area (Å²) in [5, 5.41) is 0. The average Bonchev–Trinajstić information content (AvgIpc) is 2.48. The van der Waals surface area contributed by atoms with Gasteiger partial charge < -0.3 is 4.57 Å². The molecule has 1 aliphatic carbocycles. The highest BCUT2D eigenvalue weighted by Gasteiger charge is 2.16. The number of carbonyl (C=O) groups excluding carboxylic acids is 1. The first-order chi connectivity index (χ1) is 6.31. The van der Waals surface area contributed by atoms with E-state index in [9.17, 15) is 4.79 Å². The summed E-state index contributed by atoms with van der Waals surface area (Å²) in [6, 6.07) is 0. The molecule has 0 radical (unpaired) electrons. The van der Waals surface area contributed by atoms with Gasteiger partial charge in [-0.25, -0.2) is 0 Å². The fourth-order valence-electron chi connectivity index (χ4n) is 1.92. The number of aryl methyl sites for hydroxylation is 2. The van der Waals surface area contributed by atoms with Crippen LogP contribution in [-0.4, -0.2) is 10.4 Å². The highest BCUT2D eigenvalue weighted by molar-refractivity contribution is 5.97. The second-order valence-corrected chi connectivity index (χ2v) is 3.66. The quantitative estimate of drug-likeness (QED) is 0.604. The third kappa shape index (κ3) is 1.53. The van der Waals surface area contributed by atoms with E-state index in [0.29, 0.717) is 5.78 Å². The number of aromatic nitrogens is 1. The van der Waals surface area contributed by atoms with Crippen LogP contribution >= 0.6 is 0 Å². The number of Topliss-reactive ketones (excluding diaryl/α,β-unsaturated/α-hetero) is 1. The molecule has 0 N–H and O–H groups in total. The zero-order valence-electron chi connectivity index (χ0n) is 8.05. The average molecular weight is 177 g/mol. The van der Waals surface area contributed by atoms with Crippen molar-refractivity contribution in [1.82, 2.24) is 4.57 Å². The predicted octanol–water partition coefficient (Wildman–Crippen LogP) is 2.42. The van der Waals surface area contributed by atoms with Crippen molar-refractivity contribution in [3.05, 3.63) is 23.5 Å². The summed E-state index contributed by atoms with van der Waals surface area (Å²) >= 11 is 0. The van der Waals surface area contributed by atoms with Crippen molar-refractivity contribution in [1.29, 1.82) is 0 Å². The lowest BCUT2D eigenvalue weighted by Crippen LogP contribution is -1.96. The Hall–Kier alpha value is -1.05. The van der Waals surface area contributed by atoms with Gasteiger partial charge >= 0.3 is 0 Å². The summed E-state index contributed by atoms with van der Waals surface area (Å²) in [5.74, 6) is 0.333. The molecule has 1 aliphatic rings. The highest BCUT2D eigenvalue weighted by Crippen LogP contribution is 2.21. The summed E-state index contributed by atoms with van der Waals surface area (Å²) in [4.78, 5) is 11.6. The first-order valence-electron chi connectivity index (χ1n) is 5.03. The Kier molecular flexibility index (Phi) is 2.21. The molecule has 2 heteroatoms. The van der Waals surface area contributed by atoms with Crippen molar-refractivity contribution in [2.24, 2.45) is 0 Å². The van der Waals surface area contributed by atoms with Gasteiger partial charge in [0.2, 0.25) is 0 Å². The van der Waals surface area contributed by atoms with E-state index in [2.05, 4.69) is 17.7 Å². The van der Waals surface area contributed by atoms with Gasteiger partial charge in [-0.1, -0.05) is 0 Å². The topological polar surface area (TPSA) is 22.0 Å². The van der Waals surface area contributed by atoms with Crippen molar-refractivity contribution in [2.45, 2.75) is 39.2 Å². The fraction of sp³-hybridized carbons (Fsp3) is 0.545. The minimum atomic E-state index is 0.333. The zero-order chi connectivity index (χ0) is 9.26. The Bertz CT molecular complexity index is 325. The number of carbonyl (C=O) groups is 1. The van der Waals surface area contributed by atoms with Crippen LogP contribution in [0.4, 0.5) is 0 Å². The Morgan fingerprint density at radius 3 is 2.85 bits per heavy atom. The van der Waals surface area contributed by atoms with Crippen LogP contribution in [0.1, 0.15) is 42.1 Å². The minimum Gasteiger partial charge on any atom is -0.353 e. The van der Waals surface area contributed by atoms with Gasteiger partial charge in [0.15, 0.2) is 5.78 Å². The van der Waals surface area contributed by atoms with Gasteiger partial charge in [0, 0.05) is 30.9 Å². The molecule has 0 atom stereocenters. The summed E-state index contributed by atoms with van der Waals surface area (Å²) in [6.07, 6.45) is 8.16. The molecule has 1 heterocycles. The molecule has 1 aromatic heterocycles. The molecule has 1 aromatic rings. The van der Waals surface area contributed by atoms with E-state index in [0.717, 1.165) is 37.8 Å². The summed E-state index contributed by atoms with van der Waals surface area (Å²) in [6.45, 7) is 3.06. The van der Waals surface area contributed by atoms with Crippen LogP contribution in [0.2, 0.25) is 0 Å². The van der Waals surface area contributed by atoms with E-state index in [1.54, 1.807) is 0 Å². The molecular weight excluding hydrogens is 162 g/mol. The first kappa shape index (κ1) is 8.54. The molecule has 0 amide bonds. The molecular formula is C11H15NO. The molecule has 0 aliphatic heterocycles. The molecule has 2 rings (SSSR count). The molecule has 13 heavy (non-hydrogen) atoms.